The Morgan fingerprint density at radius 3 is 2.67 bits per heavy atom. The van der Waals surface area contributed by atoms with E-state index >= 15 is 0 Å². The number of aliphatic hydroxyl groups is 1. The summed E-state index contributed by atoms with van der Waals surface area (Å²) in [7, 11) is 0. The van der Waals surface area contributed by atoms with Gasteiger partial charge in [-0.05, 0) is 12.1 Å². The van der Waals surface area contributed by atoms with Crippen molar-refractivity contribution in [3.8, 4) is 0 Å². The van der Waals surface area contributed by atoms with Crippen LogP contribution in [-0.2, 0) is 19.5 Å². The smallest absolute Gasteiger partial charge is 0.248 e. The molecular formula is C17H23FN4O5. The van der Waals surface area contributed by atoms with Gasteiger partial charge in [0.1, 0.15) is 18.5 Å². The number of carbonyl (C=O) groups is 2. The third kappa shape index (κ3) is 4.65. The van der Waals surface area contributed by atoms with Crippen molar-refractivity contribution in [3.63, 3.8) is 0 Å². The highest BCUT2D eigenvalue weighted by atomic mass is 19.1. The molecule has 1 atom stereocenters. The van der Waals surface area contributed by atoms with Gasteiger partial charge in [0.05, 0.1) is 17.9 Å². The van der Waals surface area contributed by atoms with Crippen molar-refractivity contribution in [2.75, 3.05) is 55.8 Å². The summed E-state index contributed by atoms with van der Waals surface area (Å²) < 4.78 is 14.6. The second-order valence-corrected chi connectivity index (χ2v) is 6.45. The number of amides is 2. The molecule has 27 heavy (non-hydrogen) atoms. The monoisotopic (exact) mass is 382 g/mol. The van der Waals surface area contributed by atoms with Crippen LogP contribution < -0.4 is 15.3 Å². The van der Waals surface area contributed by atoms with Gasteiger partial charge in [0.15, 0.2) is 0 Å². The van der Waals surface area contributed by atoms with E-state index in [0.717, 1.165) is 0 Å². The first-order valence-electron chi connectivity index (χ1n) is 8.76. The fourth-order valence-corrected chi connectivity index (χ4v) is 3.07. The summed E-state index contributed by atoms with van der Waals surface area (Å²) in [5.41, 5.74) is 0.959. The molecule has 1 aromatic rings. The molecule has 1 unspecified atom stereocenters. The number of hydrogen-bond acceptors (Lipinski definition) is 7. The summed E-state index contributed by atoms with van der Waals surface area (Å²) >= 11 is 0. The summed E-state index contributed by atoms with van der Waals surface area (Å²) in [6.07, 6.45) is -0.339. The first kappa shape index (κ1) is 19.3. The minimum Gasteiger partial charge on any atom is -0.387 e. The molecule has 9 nitrogen and oxygen atoms in total. The van der Waals surface area contributed by atoms with E-state index in [0.29, 0.717) is 50.6 Å². The molecule has 0 saturated carbocycles. The maximum Gasteiger partial charge on any atom is 0.248 e. The molecule has 148 valence electrons. The van der Waals surface area contributed by atoms with Gasteiger partial charge in [0, 0.05) is 45.7 Å². The maximum atomic E-state index is 14.6. The molecule has 2 N–H and O–H groups in total. The van der Waals surface area contributed by atoms with Crippen LogP contribution in [0.5, 0.6) is 0 Å². The lowest BCUT2D eigenvalue weighted by atomic mass is 10.2. The van der Waals surface area contributed by atoms with Crippen LogP contribution in [0.3, 0.4) is 0 Å². The number of anilines is 2. The second kappa shape index (κ2) is 8.51. The van der Waals surface area contributed by atoms with E-state index < -0.39 is 12.4 Å². The average Bonchev–Trinajstić information content (AvgIpc) is 3.15. The van der Waals surface area contributed by atoms with Crippen LogP contribution in [0.4, 0.5) is 15.8 Å². The van der Waals surface area contributed by atoms with E-state index in [1.165, 1.54) is 18.1 Å². The molecule has 2 saturated heterocycles. The Balaban J connectivity index is 1.58. The predicted molar refractivity (Wildman–Crippen MR) is 94.3 cm³/mol. The van der Waals surface area contributed by atoms with Gasteiger partial charge in [0.25, 0.3) is 0 Å². The molecule has 10 heteroatoms. The lowest BCUT2D eigenvalue weighted by molar-refractivity contribution is -0.281. The molecule has 0 bridgehead atoms. The third-order valence-electron chi connectivity index (χ3n) is 4.54. The summed E-state index contributed by atoms with van der Waals surface area (Å²) in [6, 6.07) is 4.76. The quantitative estimate of drug-likeness (QED) is 0.673. The molecule has 2 aliphatic rings. The number of hydrogen-bond donors (Lipinski definition) is 2. The molecule has 0 spiro atoms. The fraction of sp³-hybridized carbons (Fsp3) is 0.529. The zero-order chi connectivity index (χ0) is 19.4. The summed E-state index contributed by atoms with van der Waals surface area (Å²) in [4.78, 5) is 36.1. The van der Waals surface area contributed by atoms with Crippen molar-refractivity contribution in [2.24, 2.45) is 0 Å². The van der Waals surface area contributed by atoms with E-state index in [1.54, 1.807) is 17.0 Å². The molecule has 2 aliphatic heterocycles. The Bertz CT molecular complexity index is 696. The van der Waals surface area contributed by atoms with Crippen molar-refractivity contribution in [2.45, 2.75) is 13.0 Å². The van der Waals surface area contributed by atoms with E-state index in [2.05, 4.69) is 5.32 Å². The van der Waals surface area contributed by atoms with Crippen molar-refractivity contribution in [3.05, 3.63) is 24.0 Å². The number of nitrogens with one attached hydrogen (secondary N) is 1. The standard InChI is InChI=1S/C17H23FN4O5/c1-12(24)19-9-14-10-22(27-26-14)13-2-3-16(15(18)8-13)20-4-6-21(7-5-20)17(25)11-23/h2-3,8,14,23H,4-7,9-11H2,1H3,(H,19,24). The lowest BCUT2D eigenvalue weighted by Crippen LogP contribution is -2.49. The average molecular weight is 382 g/mol. The van der Waals surface area contributed by atoms with Crippen LogP contribution in [0, 0.1) is 5.82 Å². The summed E-state index contributed by atoms with van der Waals surface area (Å²) in [5.74, 6) is -0.873. The number of aliphatic hydroxyl groups excluding tert-OH is 1. The first-order chi connectivity index (χ1) is 13.0. The van der Waals surface area contributed by atoms with Gasteiger partial charge in [-0.2, -0.15) is 0 Å². The van der Waals surface area contributed by atoms with Crippen LogP contribution in [-0.4, -0.2) is 73.8 Å². The molecule has 0 radical (unpaired) electrons. The Morgan fingerprint density at radius 1 is 1.30 bits per heavy atom. The largest absolute Gasteiger partial charge is 0.387 e. The second-order valence-electron chi connectivity index (χ2n) is 6.45. The number of halogens is 1. The highest BCUT2D eigenvalue weighted by Crippen LogP contribution is 2.28. The van der Waals surface area contributed by atoms with E-state index in [-0.39, 0.29) is 17.9 Å². The third-order valence-corrected chi connectivity index (χ3v) is 4.54. The predicted octanol–water partition coefficient (Wildman–Crippen LogP) is -0.345. The van der Waals surface area contributed by atoms with Crippen molar-refractivity contribution in [1.29, 1.82) is 0 Å². The number of hydroxylamine groups is 1. The molecule has 3 rings (SSSR count). The normalized spacial score (nSPS) is 20.1. The molecule has 0 aromatic heterocycles. The topological polar surface area (TPSA) is 94.6 Å². The first-order valence-corrected chi connectivity index (χ1v) is 8.76. The maximum absolute atomic E-state index is 14.6. The highest BCUT2D eigenvalue weighted by Gasteiger charge is 2.28. The van der Waals surface area contributed by atoms with E-state index in [1.807, 2.05) is 4.90 Å². The van der Waals surface area contributed by atoms with Gasteiger partial charge >= 0.3 is 0 Å². The van der Waals surface area contributed by atoms with Gasteiger partial charge in [-0.3, -0.25) is 9.59 Å². The molecule has 2 amide bonds. The zero-order valence-corrected chi connectivity index (χ0v) is 15.1. The Hall–Kier alpha value is -2.43. The van der Waals surface area contributed by atoms with Crippen LogP contribution in [0.2, 0.25) is 0 Å². The van der Waals surface area contributed by atoms with Gasteiger partial charge in [0.2, 0.25) is 11.8 Å². The van der Waals surface area contributed by atoms with Gasteiger partial charge in [-0.25, -0.2) is 14.3 Å². The van der Waals surface area contributed by atoms with Crippen LogP contribution in [0.1, 0.15) is 6.92 Å². The van der Waals surface area contributed by atoms with Crippen molar-refractivity contribution >= 4 is 23.2 Å². The Kier molecular flexibility index (Phi) is 6.09. The highest BCUT2D eigenvalue weighted by molar-refractivity contribution is 5.77. The minimum absolute atomic E-state index is 0.159. The Morgan fingerprint density at radius 2 is 2.04 bits per heavy atom. The zero-order valence-electron chi connectivity index (χ0n) is 15.1. The van der Waals surface area contributed by atoms with Crippen LogP contribution in [0.15, 0.2) is 18.2 Å². The molecular weight excluding hydrogens is 359 g/mol. The number of piperazine rings is 1. The van der Waals surface area contributed by atoms with Gasteiger partial charge in [-0.15, -0.1) is 4.99 Å². The van der Waals surface area contributed by atoms with E-state index in [9.17, 15) is 14.0 Å². The van der Waals surface area contributed by atoms with Crippen molar-refractivity contribution < 1.29 is 29.0 Å². The number of benzene rings is 1. The Labute approximate surface area is 156 Å². The van der Waals surface area contributed by atoms with Crippen molar-refractivity contribution in [1.82, 2.24) is 10.2 Å². The fourth-order valence-electron chi connectivity index (χ4n) is 3.07. The lowest BCUT2D eigenvalue weighted by Gasteiger charge is -2.36. The van der Waals surface area contributed by atoms with Gasteiger partial charge < -0.3 is 20.2 Å². The molecule has 2 fully saturated rings. The van der Waals surface area contributed by atoms with Crippen LogP contribution in [0.25, 0.3) is 0 Å². The minimum atomic E-state index is -0.510. The molecule has 1 aromatic carbocycles. The number of carbonyl (C=O) groups excluding carboxylic acids is 2. The van der Waals surface area contributed by atoms with Crippen LogP contribution >= 0.6 is 0 Å². The number of nitrogens with zero attached hydrogens (tertiary/aromatic N) is 3. The summed E-state index contributed by atoms with van der Waals surface area (Å²) in [6.45, 7) is 3.44. The summed E-state index contributed by atoms with van der Waals surface area (Å²) in [5, 5.41) is 13.0. The van der Waals surface area contributed by atoms with Gasteiger partial charge in [-0.1, -0.05) is 0 Å². The molecule has 0 aliphatic carbocycles. The SMILES string of the molecule is CC(=O)NCC1CN(c2ccc(N3CCN(C(=O)CO)CC3)c(F)c2)OO1. The number of rotatable bonds is 5. The van der Waals surface area contributed by atoms with E-state index in [4.69, 9.17) is 15.0 Å². The molecule has 2 heterocycles.